The summed E-state index contributed by atoms with van der Waals surface area (Å²) < 4.78 is 0. The predicted octanol–water partition coefficient (Wildman–Crippen LogP) is -0.103. The molecule has 0 aromatic heterocycles. The van der Waals surface area contributed by atoms with Gasteiger partial charge in [-0.2, -0.15) is 0 Å². The summed E-state index contributed by atoms with van der Waals surface area (Å²) in [4.78, 5) is 4.62. The fourth-order valence-electron chi connectivity index (χ4n) is 0.843. The van der Waals surface area contributed by atoms with Gasteiger partial charge in [0.2, 0.25) is 0 Å². The molecule has 50 valence electrons. The average molecular weight is 127 g/mol. The third-order valence-electron chi connectivity index (χ3n) is 1.31. The van der Waals surface area contributed by atoms with Crippen LogP contribution in [0.4, 0.5) is 0 Å². The Labute approximate surface area is 53.1 Å². The van der Waals surface area contributed by atoms with Crippen molar-refractivity contribution in [3.63, 3.8) is 0 Å². The highest BCUT2D eigenvalue weighted by atomic mass is 15.3. The van der Waals surface area contributed by atoms with Crippen LogP contribution in [0.3, 0.4) is 0 Å². The lowest BCUT2D eigenvalue weighted by Crippen LogP contribution is -2.55. The molecule has 1 heterocycles. The monoisotopic (exact) mass is 127 g/mol. The standard InChI is InChI=1S/C4H9N5/c5-4-1-9(2-4)3-7-8-6/h4H,1-3,5H2. The molecule has 0 aliphatic carbocycles. The van der Waals surface area contributed by atoms with Crippen LogP contribution in [0.15, 0.2) is 5.11 Å². The first-order valence-electron chi connectivity index (χ1n) is 2.81. The van der Waals surface area contributed by atoms with Crippen molar-refractivity contribution in [2.75, 3.05) is 19.8 Å². The van der Waals surface area contributed by atoms with Crippen LogP contribution in [0.25, 0.3) is 10.4 Å². The predicted molar refractivity (Wildman–Crippen MR) is 33.6 cm³/mol. The van der Waals surface area contributed by atoms with Gasteiger partial charge in [-0.05, 0) is 5.53 Å². The minimum Gasteiger partial charge on any atom is -0.325 e. The number of rotatable bonds is 2. The Morgan fingerprint density at radius 1 is 1.78 bits per heavy atom. The van der Waals surface area contributed by atoms with Gasteiger partial charge in [-0.1, -0.05) is 5.11 Å². The van der Waals surface area contributed by atoms with E-state index < -0.39 is 0 Å². The van der Waals surface area contributed by atoms with Gasteiger partial charge in [0.15, 0.2) is 0 Å². The lowest BCUT2D eigenvalue weighted by molar-refractivity contribution is 0.156. The molecule has 9 heavy (non-hydrogen) atoms. The number of azide groups is 1. The van der Waals surface area contributed by atoms with Gasteiger partial charge in [-0.3, -0.25) is 4.90 Å². The zero-order valence-corrected chi connectivity index (χ0v) is 5.06. The quantitative estimate of drug-likeness (QED) is 0.319. The van der Waals surface area contributed by atoms with Gasteiger partial charge < -0.3 is 5.73 Å². The Balaban J connectivity index is 2.10. The van der Waals surface area contributed by atoms with E-state index in [1.807, 2.05) is 4.90 Å². The van der Waals surface area contributed by atoms with Crippen LogP contribution in [-0.4, -0.2) is 30.7 Å². The molecule has 0 aromatic rings. The van der Waals surface area contributed by atoms with Crippen molar-refractivity contribution in [3.05, 3.63) is 10.4 Å². The van der Waals surface area contributed by atoms with Crippen LogP contribution in [-0.2, 0) is 0 Å². The van der Waals surface area contributed by atoms with Crippen molar-refractivity contribution in [3.8, 4) is 0 Å². The van der Waals surface area contributed by atoms with Crippen LogP contribution < -0.4 is 5.73 Å². The van der Waals surface area contributed by atoms with E-state index in [2.05, 4.69) is 10.0 Å². The molecule has 1 fully saturated rings. The smallest absolute Gasteiger partial charge is 0.0775 e. The summed E-state index contributed by atoms with van der Waals surface area (Å²) in [5.41, 5.74) is 13.4. The molecule has 1 rings (SSSR count). The molecule has 2 N–H and O–H groups in total. The maximum absolute atomic E-state index is 7.90. The molecule has 0 radical (unpaired) electrons. The summed E-state index contributed by atoms with van der Waals surface area (Å²) >= 11 is 0. The summed E-state index contributed by atoms with van der Waals surface area (Å²) in [7, 11) is 0. The topological polar surface area (TPSA) is 78.0 Å². The van der Waals surface area contributed by atoms with Gasteiger partial charge >= 0.3 is 0 Å². The fraction of sp³-hybridized carbons (Fsp3) is 1.00. The lowest BCUT2D eigenvalue weighted by Gasteiger charge is -2.35. The Morgan fingerprint density at radius 2 is 2.44 bits per heavy atom. The van der Waals surface area contributed by atoms with E-state index in [1.165, 1.54) is 0 Å². The van der Waals surface area contributed by atoms with E-state index in [0.717, 1.165) is 13.1 Å². The summed E-state index contributed by atoms with van der Waals surface area (Å²) in [6.45, 7) is 2.18. The SMILES string of the molecule is [N-]=[N+]=NCN1CC(N)C1. The first-order valence-corrected chi connectivity index (χ1v) is 2.81. The van der Waals surface area contributed by atoms with Crippen molar-refractivity contribution in [2.24, 2.45) is 10.8 Å². The second kappa shape index (κ2) is 2.68. The van der Waals surface area contributed by atoms with E-state index in [4.69, 9.17) is 11.3 Å². The van der Waals surface area contributed by atoms with Crippen LogP contribution in [0.2, 0.25) is 0 Å². The summed E-state index contributed by atoms with van der Waals surface area (Å²) in [5.74, 6) is 0. The van der Waals surface area contributed by atoms with E-state index in [9.17, 15) is 0 Å². The molecule has 1 saturated heterocycles. The second-order valence-corrected chi connectivity index (χ2v) is 2.17. The Bertz CT molecular complexity index is 132. The number of hydrogen-bond donors (Lipinski definition) is 1. The van der Waals surface area contributed by atoms with Gasteiger partial charge in [0.25, 0.3) is 0 Å². The zero-order chi connectivity index (χ0) is 6.69. The molecule has 1 aliphatic heterocycles. The van der Waals surface area contributed by atoms with Crippen LogP contribution in [0.5, 0.6) is 0 Å². The van der Waals surface area contributed by atoms with Gasteiger partial charge in [0.05, 0.1) is 6.67 Å². The second-order valence-electron chi connectivity index (χ2n) is 2.17. The Kier molecular flexibility index (Phi) is 1.89. The number of likely N-dealkylation sites (tertiary alicyclic amines) is 1. The number of nitrogens with zero attached hydrogens (tertiary/aromatic N) is 4. The first-order chi connectivity index (χ1) is 4.33. The third-order valence-corrected chi connectivity index (χ3v) is 1.31. The van der Waals surface area contributed by atoms with Gasteiger partial charge in [0.1, 0.15) is 0 Å². The van der Waals surface area contributed by atoms with Crippen molar-refractivity contribution in [1.29, 1.82) is 0 Å². The van der Waals surface area contributed by atoms with E-state index in [-0.39, 0.29) is 0 Å². The van der Waals surface area contributed by atoms with Gasteiger partial charge in [0, 0.05) is 24.0 Å². The van der Waals surface area contributed by atoms with Gasteiger partial charge in [-0.15, -0.1) is 0 Å². The molecule has 5 heteroatoms. The molecule has 0 spiro atoms. The number of nitrogens with two attached hydrogens (primary N) is 1. The average Bonchev–Trinajstić information content (AvgIpc) is 1.78. The van der Waals surface area contributed by atoms with Crippen molar-refractivity contribution in [2.45, 2.75) is 6.04 Å². The Hall–Kier alpha value is -0.770. The molecular formula is C4H9N5. The minimum atomic E-state index is 0.291. The van der Waals surface area contributed by atoms with Gasteiger partial charge in [-0.25, -0.2) is 0 Å². The van der Waals surface area contributed by atoms with E-state index in [0.29, 0.717) is 12.7 Å². The maximum Gasteiger partial charge on any atom is 0.0775 e. The molecular weight excluding hydrogens is 118 g/mol. The highest BCUT2D eigenvalue weighted by molar-refractivity contribution is 4.81. The van der Waals surface area contributed by atoms with E-state index in [1.54, 1.807) is 0 Å². The highest BCUT2D eigenvalue weighted by Crippen LogP contribution is 2.03. The van der Waals surface area contributed by atoms with Crippen molar-refractivity contribution in [1.82, 2.24) is 4.90 Å². The molecule has 0 atom stereocenters. The van der Waals surface area contributed by atoms with Crippen LogP contribution in [0.1, 0.15) is 0 Å². The largest absolute Gasteiger partial charge is 0.325 e. The van der Waals surface area contributed by atoms with Crippen LogP contribution >= 0.6 is 0 Å². The number of hydrogen-bond acceptors (Lipinski definition) is 3. The minimum absolute atomic E-state index is 0.291. The van der Waals surface area contributed by atoms with E-state index >= 15 is 0 Å². The molecule has 0 aromatic carbocycles. The third kappa shape index (κ3) is 1.57. The first kappa shape index (κ1) is 6.35. The fourth-order valence-corrected chi connectivity index (χ4v) is 0.843. The highest BCUT2D eigenvalue weighted by Gasteiger charge is 2.21. The molecule has 1 aliphatic rings. The summed E-state index contributed by atoms with van der Waals surface area (Å²) in [5, 5.41) is 3.38. The zero-order valence-electron chi connectivity index (χ0n) is 5.06. The summed E-state index contributed by atoms with van der Waals surface area (Å²) in [6.07, 6.45) is 0. The summed E-state index contributed by atoms with van der Waals surface area (Å²) in [6, 6.07) is 0.291. The van der Waals surface area contributed by atoms with Crippen molar-refractivity contribution >= 4 is 0 Å². The normalized spacial score (nSPS) is 20.6. The molecule has 0 saturated carbocycles. The lowest BCUT2D eigenvalue weighted by atomic mass is 10.1. The van der Waals surface area contributed by atoms with Crippen molar-refractivity contribution < 1.29 is 0 Å². The van der Waals surface area contributed by atoms with Crippen LogP contribution in [0, 0.1) is 0 Å². The Morgan fingerprint density at radius 3 is 2.89 bits per heavy atom. The molecule has 0 amide bonds. The molecule has 0 bridgehead atoms. The maximum atomic E-state index is 7.90. The molecule has 0 unspecified atom stereocenters. The molecule has 5 nitrogen and oxygen atoms in total.